The van der Waals surface area contributed by atoms with Gasteiger partial charge in [-0.25, -0.2) is 0 Å². The highest BCUT2D eigenvalue weighted by molar-refractivity contribution is 14.0. The topological polar surface area (TPSA) is 39.7 Å². The highest BCUT2D eigenvalue weighted by Gasteiger charge is 2.27. The lowest BCUT2D eigenvalue weighted by molar-refractivity contribution is 0.282. The average Bonchev–Trinajstić information content (AvgIpc) is 3.25. The van der Waals surface area contributed by atoms with Crippen LogP contribution in [0.4, 0.5) is 0 Å². The summed E-state index contributed by atoms with van der Waals surface area (Å²) in [5.41, 5.74) is 0. The summed E-state index contributed by atoms with van der Waals surface area (Å²) in [7, 11) is 0. The molecular weight excluding hydrogens is 351 g/mol. The van der Waals surface area contributed by atoms with E-state index < -0.39 is 0 Å². The van der Waals surface area contributed by atoms with Gasteiger partial charge in [0.2, 0.25) is 0 Å². The van der Waals surface area contributed by atoms with Crippen molar-refractivity contribution in [3.8, 4) is 0 Å². The molecule has 2 rings (SSSR count). The third-order valence-corrected chi connectivity index (χ3v) is 3.71. The zero-order valence-corrected chi connectivity index (χ0v) is 14.7. The van der Waals surface area contributed by atoms with E-state index in [4.69, 9.17) is 0 Å². The molecule has 4 nitrogen and oxygen atoms in total. The monoisotopic (exact) mass is 380 g/mol. The van der Waals surface area contributed by atoms with E-state index in [0.717, 1.165) is 44.1 Å². The molecule has 0 amide bonds. The van der Waals surface area contributed by atoms with Crippen LogP contribution in [-0.2, 0) is 0 Å². The number of nitrogens with zero attached hydrogens (tertiary/aromatic N) is 2. The second-order valence-electron chi connectivity index (χ2n) is 5.45. The number of guanidine groups is 1. The second-order valence-corrected chi connectivity index (χ2v) is 5.45. The molecule has 0 spiro atoms. The molecule has 2 N–H and O–H groups in total. The number of likely N-dealkylation sites (N-methyl/N-ethyl adjacent to an activating group) is 1. The van der Waals surface area contributed by atoms with Crippen LogP contribution in [0.1, 0.15) is 39.5 Å². The molecule has 112 valence electrons. The Kier molecular flexibility index (Phi) is 8.06. The van der Waals surface area contributed by atoms with Gasteiger partial charge >= 0.3 is 0 Å². The van der Waals surface area contributed by atoms with Crippen molar-refractivity contribution >= 4 is 29.9 Å². The van der Waals surface area contributed by atoms with Crippen LogP contribution in [0, 0.1) is 5.92 Å². The molecule has 2 saturated carbocycles. The van der Waals surface area contributed by atoms with Crippen LogP contribution in [0.2, 0.25) is 0 Å². The standard InChI is InChI=1S/C14H28N4.HI/c1-3-15-14(17-11-12-5-6-12)16-9-10-18(4-2)13-7-8-13;/h12-13H,3-11H2,1-2H3,(H2,15,16,17);1H. The highest BCUT2D eigenvalue weighted by atomic mass is 127. The molecule has 0 saturated heterocycles. The van der Waals surface area contributed by atoms with Crippen molar-refractivity contribution in [3.05, 3.63) is 0 Å². The first-order valence-electron chi connectivity index (χ1n) is 7.59. The first-order valence-corrected chi connectivity index (χ1v) is 7.59. The summed E-state index contributed by atoms with van der Waals surface area (Å²) < 4.78 is 0. The molecule has 0 aromatic heterocycles. The maximum Gasteiger partial charge on any atom is 0.191 e. The fourth-order valence-corrected chi connectivity index (χ4v) is 2.22. The molecule has 0 bridgehead atoms. The highest BCUT2D eigenvalue weighted by Crippen LogP contribution is 2.28. The van der Waals surface area contributed by atoms with Gasteiger partial charge in [0, 0.05) is 32.2 Å². The zero-order valence-electron chi connectivity index (χ0n) is 12.3. The zero-order chi connectivity index (χ0) is 12.8. The van der Waals surface area contributed by atoms with Gasteiger partial charge in [0.25, 0.3) is 0 Å². The Morgan fingerprint density at radius 3 is 2.42 bits per heavy atom. The summed E-state index contributed by atoms with van der Waals surface area (Å²) in [6, 6.07) is 0.864. The van der Waals surface area contributed by atoms with Gasteiger partial charge in [0.05, 0.1) is 0 Å². The second kappa shape index (κ2) is 9.00. The van der Waals surface area contributed by atoms with E-state index in [1.165, 1.54) is 32.2 Å². The van der Waals surface area contributed by atoms with Gasteiger partial charge in [-0.2, -0.15) is 0 Å². The predicted molar refractivity (Wildman–Crippen MR) is 92.4 cm³/mol. The van der Waals surface area contributed by atoms with Gasteiger partial charge < -0.3 is 10.6 Å². The summed E-state index contributed by atoms with van der Waals surface area (Å²) in [6.45, 7) is 9.62. The molecular formula is C14H29IN4. The molecule has 0 atom stereocenters. The minimum absolute atomic E-state index is 0. The normalized spacial score (nSPS) is 19.2. The van der Waals surface area contributed by atoms with Crippen LogP contribution >= 0.6 is 24.0 Å². The van der Waals surface area contributed by atoms with Crippen LogP contribution in [0.25, 0.3) is 0 Å². The molecule has 0 heterocycles. The van der Waals surface area contributed by atoms with Gasteiger partial charge in [0.1, 0.15) is 0 Å². The van der Waals surface area contributed by atoms with E-state index in [0.29, 0.717) is 0 Å². The molecule has 0 radical (unpaired) electrons. The maximum absolute atomic E-state index is 4.63. The van der Waals surface area contributed by atoms with Crippen molar-refractivity contribution < 1.29 is 0 Å². The van der Waals surface area contributed by atoms with Crippen molar-refractivity contribution in [2.24, 2.45) is 10.9 Å². The lowest BCUT2D eigenvalue weighted by atomic mass is 10.4. The van der Waals surface area contributed by atoms with Crippen molar-refractivity contribution in [3.63, 3.8) is 0 Å². The van der Waals surface area contributed by atoms with Crippen LogP contribution in [-0.4, -0.2) is 49.6 Å². The van der Waals surface area contributed by atoms with Crippen molar-refractivity contribution in [1.82, 2.24) is 15.5 Å². The minimum atomic E-state index is 0. The molecule has 0 aromatic rings. The summed E-state index contributed by atoms with van der Waals surface area (Å²) >= 11 is 0. The minimum Gasteiger partial charge on any atom is -0.357 e. The maximum atomic E-state index is 4.63. The van der Waals surface area contributed by atoms with Crippen LogP contribution in [0.5, 0.6) is 0 Å². The first-order chi connectivity index (χ1) is 8.83. The first kappa shape index (κ1) is 17.0. The summed E-state index contributed by atoms with van der Waals surface area (Å²) in [6.07, 6.45) is 5.52. The van der Waals surface area contributed by atoms with Crippen LogP contribution < -0.4 is 10.6 Å². The smallest absolute Gasteiger partial charge is 0.191 e. The summed E-state index contributed by atoms with van der Waals surface area (Å²) in [5.74, 6) is 1.86. The fourth-order valence-electron chi connectivity index (χ4n) is 2.22. The molecule has 0 unspecified atom stereocenters. The molecule has 0 aliphatic heterocycles. The Hall–Kier alpha value is -0.0400. The molecule has 2 fully saturated rings. The fraction of sp³-hybridized carbons (Fsp3) is 0.929. The Morgan fingerprint density at radius 1 is 1.16 bits per heavy atom. The van der Waals surface area contributed by atoms with E-state index in [-0.39, 0.29) is 24.0 Å². The third-order valence-electron chi connectivity index (χ3n) is 3.71. The number of hydrogen-bond acceptors (Lipinski definition) is 2. The van der Waals surface area contributed by atoms with E-state index in [9.17, 15) is 0 Å². The van der Waals surface area contributed by atoms with Crippen molar-refractivity contribution in [1.29, 1.82) is 0 Å². The Morgan fingerprint density at radius 2 is 1.89 bits per heavy atom. The Labute approximate surface area is 134 Å². The Balaban J connectivity index is 0.00000180. The van der Waals surface area contributed by atoms with Crippen molar-refractivity contribution in [2.45, 2.75) is 45.6 Å². The Bertz CT molecular complexity index is 275. The molecule has 19 heavy (non-hydrogen) atoms. The van der Waals surface area contributed by atoms with E-state index in [2.05, 4.69) is 34.4 Å². The molecule has 0 aromatic carbocycles. The van der Waals surface area contributed by atoms with E-state index in [1.54, 1.807) is 0 Å². The molecule has 2 aliphatic carbocycles. The van der Waals surface area contributed by atoms with Gasteiger partial charge in [-0.3, -0.25) is 9.89 Å². The quantitative estimate of drug-likeness (QED) is 0.385. The number of halogens is 1. The van der Waals surface area contributed by atoms with E-state index >= 15 is 0 Å². The third kappa shape index (κ3) is 6.79. The molecule has 5 heteroatoms. The lowest BCUT2D eigenvalue weighted by Crippen LogP contribution is -2.42. The van der Waals surface area contributed by atoms with Crippen molar-refractivity contribution in [2.75, 3.05) is 32.7 Å². The average molecular weight is 380 g/mol. The number of hydrogen-bond donors (Lipinski definition) is 2. The predicted octanol–water partition coefficient (Wildman–Crippen LogP) is 2.05. The van der Waals surface area contributed by atoms with Crippen LogP contribution in [0.3, 0.4) is 0 Å². The summed E-state index contributed by atoms with van der Waals surface area (Å²) in [4.78, 5) is 7.20. The van der Waals surface area contributed by atoms with Gasteiger partial charge in [-0.05, 0) is 45.1 Å². The SMILES string of the molecule is CCNC(=NCC1CC1)NCCN(CC)C1CC1.I. The van der Waals surface area contributed by atoms with E-state index in [1.807, 2.05) is 0 Å². The largest absolute Gasteiger partial charge is 0.357 e. The van der Waals surface area contributed by atoms with Gasteiger partial charge in [0.15, 0.2) is 5.96 Å². The lowest BCUT2D eigenvalue weighted by Gasteiger charge is -2.20. The number of aliphatic imine (C=N–C) groups is 1. The van der Waals surface area contributed by atoms with Gasteiger partial charge in [-0.15, -0.1) is 24.0 Å². The molecule has 2 aliphatic rings. The number of nitrogens with one attached hydrogen (secondary N) is 2. The van der Waals surface area contributed by atoms with Crippen LogP contribution in [0.15, 0.2) is 4.99 Å². The summed E-state index contributed by atoms with van der Waals surface area (Å²) in [5, 5.41) is 6.77. The number of rotatable bonds is 8. The van der Waals surface area contributed by atoms with Gasteiger partial charge in [-0.1, -0.05) is 6.92 Å².